The van der Waals surface area contributed by atoms with Gasteiger partial charge in [-0.15, -0.1) is 0 Å². The average Bonchev–Trinajstić information content (AvgIpc) is 3.02. The second-order valence-corrected chi connectivity index (χ2v) is 13.5. The smallest absolute Gasteiger partial charge is 0.393 e. The first-order valence-corrected chi connectivity index (χ1v) is 15.2. The molecule has 0 aliphatic carbocycles. The number of nitrogens with zero attached hydrogens (tertiary/aromatic N) is 2. The van der Waals surface area contributed by atoms with E-state index in [4.69, 9.17) is 24.8 Å². The van der Waals surface area contributed by atoms with Crippen LogP contribution in [0.15, 0.2) is 17.1 Å². The highest BCUT2D eigenvalue weighted by Crippen LogP contribution is 2.58. The first-order chi connectivity index (χ1) is 16.8. The van der Waals surface area contributed by atoms with Crippen LogP contribution < -0.4 is 11.4 Å². The van der Waals surface area contributed by atoms with E-state index in [2.05, 4.69) is 14.0 Å². The Labute approximate surface area is 208 Å². The van der Waals surface area contributed by atoms with Crippen LogP contribution >= 0.6 is 23.0 Å². The zero-order valence-corrected chi connectivity index (χ0v) is 21.7. The molecule has 214 valence electrons. The Hall–Kier alpha value is -1.11. The predicted octanol–water partition coefficient (Wildman–Crippen LogP) is -2.97. The van der Waals surface area contributed by atoms with Gasteiger partial charge < -0.3 is 59.5 Å². The number of hydrogen-bond donors (Lipinski definition) is 9. The maximum Gasteiger partial charge on any atom is 0.470 e. The van der Waals surface area contributed by atoms with Crippen molar-refractivity contribution in [1.82, 2.24) is 9.55 Å². The molecular formula is C15H28N3O16P3. The molecular weight excluding hydrogens is 571 g/mol. The summed E-state index contributed by atoms with van der Waals surface area (Å²) in [5.41, 5.74) is 2.13. The fraction of sp³-hybridized carbons (Fsp3) is 0.733. The van der Waals surface area contributed by atoms with E-state index >= 15 is 0 Å². The fourth-order valence-corrected chi connectivity index (χ4v) is 6.98. The Morgan fingerprint density at radius 3 is 2.30 bits per heavy atom. The standard InChI is InChI=1S/C15H28N3O16P3/c1-15(6-19,34-37(28,29)30)9(20)5-32-36(26,27)7-35(24,25)31-4-8-11(21)12(22)13(33-8)18-3-2-10(16)17-14(18)23/h2-3,8-9,11-13,19-22H,4-7H2,1H3,(H,24,25)(H,26,27)(H2,16,17,23)(H2,28,29,30)/t8-,9-,11-,12-,13-,15+/m1/s1. The maximum absolute atomic E-state index is 12.3. The number of nitrogens with two attached hydrogens (primary N) is 1. The molecule has 1 saturated heterocycles. The molecule has 1 aliphatic rings. The molecule has 0 saturated carbocycles. The lowest BCUT2D eigenvalue weighted by molar-refractivity contribution is -0.0996. The molecule has 10 N–H and O–H groups in total. The molecule has 2 heterocycles. The van der Waals surface area contributed by atoms with E-state index in [1.165, 1.54) is 6.07 Å². The summed E-state index contributed by atoms with van der Waals surface area (Å²) in [4.78, 5) is 53.0. The number of nitrogen functional groups attached to an aromatic ring is 1. The highest BCUT2D eigenvalue weighted by atomic mass is 31.2. The molecule has 0 bridgehead atoms. The molecule has 8 atom stereocenters. The number of hydrogen-bond acceptors (Lipinski definition) is 14. The van der Waals surface area contributed by atoms with Gasteiger partial charge in [0.05, 0.1) is 19.8 Å². The Morgan fingerprint density at radius 1 is 1.16 bits per heavy atom. The van der Waals surface area contributed by atoms with Gasteiger partial charge in [-0.05, 0) is 13.0 Å². The molecule has 1 aromatic heterocycles. The molecule has 1 fully saturated rings. The minimum absolute atomic E-state index is 0.117. The highest BCUT2D eigenvalue weighted by Gasteiger charge is 2.46. The molecule has 2 unspecified atom stereocenters. The van der Waals surface area contributed by atoms with Gasteiger partial charge in [0.25, 0.3) is 0 Å². The molecule has 0 amide bonds. The monoisotopic (exact) mass is 599 g/mol. The van der Waals surface area contributed by atoms with Crippen LogP contribution in [0.3, 0.4) is 0 Å². The van der Waals surface area contributed by atoms with Crippen LogP contribution in [-0.4, -0.2) is 105 Å². The number of phosphoric acid groups is 1. The number of aromatic nitrogens is 2. The van der Waals surface area contributed by atoms with Gasteiger partial charge in [-0.3, -0.25) is 18.2 Å². The van der Waals surface area contributed by atoms with E-state index in [0.717, 1.165) is 17.7 Å². The van der Waals surface area contributed by atoms with Crippen LogP contribution in [-0.2, 0) is 32.0 Å². The summed E-state index contributed by atoms with van der Waals surface area (Å²) in [6.07, 6.45) is -7.29. The summed E-state index contributed by atoms with van der Waals surface area (Å²) >= 11 is 0. The highest BCUT2D eigenvalue weighted by molar-refractivity contribution is 7.70. The lowest BCUT2D eigenvalue weighted by atomic mass is 10.0. The van der Waals surface area contributed by atoms with Crippen molar-refractivity contribution >= 4 is 28.8 Å². The van der Waals surface area contributed by atoms with Crippen LogP contribution in [0.2, 0.25) is 0 Å². The first kappa shape index (κ1) is 32.1. The molecule has 0 spiro atoms. The SMILES string of the molecule is C[C@@](CO)(OP(=O)(O)O)[C@H](O)COP(=O)(O)CP(=O)(O)OC[C@H]1O[C@@H](n2ccc(N)nc2=O)[C@H](O)[C@@H]1O. The van der Waals surface area contributed by atoms with Crippen molar-refractivity contribution in [2.24, 2.45) is 0 Å². The molecule has 37 heavy (non-hydrogen) atoms. The normalized spacial score (nSPS) is 28.2. The quantitative estimate of drug-likeness (QED) is 0.102. The number of aliphatic hydroxyl groups excluding tert-OH is 4. The minimum Gasteiger partial charge on any atom is -0.393 e. The van der Waals surface area contributed by atoms with Crippen molar-refractivity contribution in [1.29, 1.82) is 0 Å². The Balaban J connectivity index is 1.97. The molecule has 1 aliphatic heterocycles. The molecule has 0 radical (unpaired) electrons. The molecule has 2 rings (SSSR count). The minimum atomic E-state index is -5.20. The van der Waals surface area contributed by atoms with Crippen molar-refractivity contribution in [3.8, 4) is 0 Å². The summed E-state index contributed by atoms with van der Waals surface area (Å²) in [6, 6.07) is 1.22. The van der Waals surface area contributed by atoms with Gasteiger partial charge in [0.15, 0.2) is 12.1 Å². The summed E-state index contributed by atoms with van der Waals surface area (Å²) in [5.74, 6) is -1.65. The summed E-state index contributed by atoms with van der Waals surface area (Å²) in [7, 11) is -15.2. The second-order valence-electron chi connectivity index (χ2n) is 8.16. The maximum atomic E-state index is 12.3. The number of phosphoric ester groups is 1. The molecule has 1 aromatic rings. The van der Waals surface area contributed by atoms with Gasteiger partial charge in [-0.25, -0.2) is 9.36 Å². The summed E-state index contributed by atoms with van der Waals surface area (Å²) in [6.45, 7) is -2.32. The van der Waals surface area contributed by atoms with Gasteiger partial charge in [0, 0.05) is 6.20 Å². The second kappa shape index (κ2) is 12.0. The lowest BCUT2D eigenvalue weighted by Gasteiger charge is -2.32. The van der Waals surface area contributed by atoms with Crippen molar-refractivity contribution in [3.63, 3.8) is 0 Å². The summed E-state index contributed by atoms with van der Waals surface area (Å²) < 4.78 is 55.2. The molecule has 22 heteroatoms. The van der Waals surface area contributed by atoms with E-state index in [0.29, 0.717) is 0 Å². The van der Waals surface area contributed by atoms with E-state index in [1.807, 2.05) is 0 Å². The Bertz CT molecular complexity index is 1140. The lowest BCUT2D eigenvalue weighted by Crippen LogP contribution is -2.47. The predicted molar refractivity (Wildman–Crippen MR) is 120 cm³/mol. The fourth-order valence-electron chi connectivity index (χ4n) is 3.04. The van der Waals surface area contributed by atoms with Crippen LogP contribution in [0, 0.1) is 0 Å². The third-order valence-corrected chi connectivity index (χ3v) is 9.66. The van der Waals surface area contributed by atoms with Crippen LogP contribution in [0.4, 0.5) is 5.82 Å². The van der Waals surface area contributed by atoms with Crippen molar-refractivity contribution in [2.75, 3.05) is 31.5 Å². The largest absolute Gasteiger partial charge is 0.470 e. The Morgan fingerprint density at radius 2 is 1.76 bits per heavy atom. The number of ether oxygens (including phenoxy) is 1. The van der Waals surface area contributed by atoms with Crippen molar-refractivity contribution in [2.45, 2.75) is 43.2 Å². The van der Waals surface area contributed by atoms with Crippen LogP contribution in [0.1, 0.15) is 13.2 Å². The van der Waals surface area contributed by atoms with Gasteiger partial charge in [-0.2, -0.15) is 4.98 Å². The number of rotatable bonds is 13. The van der Waals surface area contributed by atoms with Crippen molar-refractivity contribution in [3.05, 3.63) is 22.7 Å². The van der Waals surface area contributed by atoms with Crippen molar-refractivity contribution < 1.29 is 72.0 Å². The first-order valence-electron chi connectivity index (χ1n) is 10.1. The zero-order valence-electron chi connectivity index (χ0n) is 19.0. The molecule has 0 aromatic carbocycles. The number of anilines is 1. The average molecular weight is 599 g/mol. The third kappa shape index (κ3) is 8.96. The third-order valence-electron chi connectivity index (χ3n) is 5.04. The van der Waals surface area contributed by atoms with Crippen LogP contribution in [0.5, 0.6) is 0 Å². The van der Waals surface area contributed by atoms with E-state index in [9.17, 15) is 48.7 Å². The van der Waals surface area contributed by atoms with Gasteiger partial charge in [-0.1, -0.05) is 0 Å². The number of aliphatic hydroxyl groups is 4. The Kier molecular flexibility index (Phi) is 10.4. The van der Waals surface area contributed by atoms with E-state index in [1.54, 1.807) is 0 Å². The topological polar surface area (TPSA) is 311 Å². The zero-order chi connectivity index (χ0) is 28.4. The van der Waals surface area contributed by atoms with Gasteiger partial charge in [0.2, 0.25) is 0 Å². The van der Waals surface area contributed by atoms with Gasteiger partial charge in [0.1, 0.15) is 35.8 Å². The molecule has 19 nitrogen and oxygen atoms in total. The summed E-state index contributed by atoms with van der Waals surface area (Å²) in [5, 5.41) is 39.6. The van der Waals surface area contributed by atoms with Gasteiger partial charge >= 0.3 is 28.7 Å². The van der Waals surface area contributed by atoms with E-state index < -0.39 is 90.7 Å². The van der Waals surface area contributed by atoms with E-state index in [-0.39, 0.29) is 5.82 Å². The van der Waals surface area contributed by atoms with Crippen LogP contribution in [0.25, 0.3) is 0 Å².